The highest BCUT2D eigenvalue weighted by atomic mass is 32.2. The van der Waals surface area contributed by atoms with E-state index in [4.69, 9.17) is 0 Å². The summed E-state index contributed by atoms with van der Waals surface area (Å²) in [6.07, 6.45) is 1.10. The molecular formula is C18H23NS. The molecule has 0 spiro atoms. The predicted octanol–water partition coefficient (Wildman–Crippen LogP) is 5.13. The lowest BCUT2D eigenvalue weighted by atomic mass is 10.1. The highest BCUT2D eigenvalue weighted by Gasteiger charge is 2.12. The first-order valence-electron chi connectivity index (χ1n) is 7.17. The molecule has 1 unspecified atom stereocenters. The molecule has 1 nitrogen and oxygen atoms in total. The van der Waals surface area contributed by atoms with Crippen LogP contribution < -0.4 is 5.32 Å². The van der Waals surface area contributed by atoms with Gasteiger partial charge in [-0.25, -0.2) is 0 Å². The Morgan fingerprint density at radius 2 is 1.80 bits per heavy atom. The summed E-state index contributed by atoms with van der Waals surface area (Å²) < 4.78 is 0. The molecule has 0 aliphatic carbocycles. The molecule has 1 N–H and O–H groups in total. The van der Waals surface area contributed by atoms with Crippen LogP contribution in [-0.2, 0) is 0 Å². The maximum atomic E-state index is 3.40. The second-order valence-corrected chi connectivity index (χ2v) is 6.25. The van der Waals surface area contributed by atoms with Gasteiger partial charge in [0.1, 0.15) is 0 Å². The normalized spacial score (nSPS) is 12.4. The number of aryl methyl sites for hydroxylation is 2. The van der Waals surface area contributed by atoms with Crippen molar-refractivity contribution in [1.29, 1.82) is 0 Å². The van der Waals surface area contributed by atoms with E-state index in [0.717, 1.165) is 6.42 Å². The molecule has 2 aromatic carbocycles. The zero-order valence-electron chi connectivity index (χ0n) is 12.7. The Morgan fingerprint density at radius 3 is 2.45 bits per heavy atom. The molecule has 0 amide bonds. The van der Waals surface area contributed by atoms with Crippen LogP contribution in [0.4, 0.5) is 0 Å². The summed E-state index contributed by atoms with van der Waals surface area (Å²) in [5.41, 5.74) is 4.10. The summed E-state index contributed by atoms with van der Waals surface area (Å²) in [4.78, 5) is 2.66. The summed E-state index contributed by atoms with van der Waals surface area (Å²) >= 11 is 1.86. The van der Waals surface area contributed by atoms with Gasteiger partial charge in [-0.05, 0) is 62.2 Å². The maximum Gasteiger partial charge on any atom is 0.0326 e. The van der Waals surface area contributed by atoms with Crippen LogP contribution in [0.5, 0.6) is 0 Å². The third-order valence-electron chi connectivity index (χ3n) is 3.76. The van der Waals surface area contributed by atoms with E-state index in [1.807, 2.05) is 18.8 Å². The van der Waals surface area contributed by atoms with Crippen molar-refractivity contribution in [3.63, 3.8) is 0 Å². The first-order valence-corrected chi connectivity index (χ1v) is 7.98. The molecule has 0 saturated carbocycles. The number of benzene rings is 2. The minimum Gasteiger partial charge on any atom is -0.313 e. The molecule has 2 heteroatoms. The average molecular weight is 285 g/mol. The first kappa shape index (κ1) is 15.1. The Balaban J connectivity index is 2.31. The Morgan fingerprint density at radius 1 is 1.05 bits per heavy atom. The first-order chi connectivity index (χ1) is 9.65. The third-order valence-corrected chi connectivity index (χ3v) is 4.84. The van der Waals surface area contributed by atoms with Crippen molar-refractivity contribution in [3.05, 3.63) is 59.2 Å². The molecule has 0 aliphatic rings. The molecule has 106 valence electrons. The lowest BCUT2D eigenvalue weighted by Gasteiger charge is -2.18. The molecule has 0 fully saturated rings. The molecule has 0 aliphatic heterocycles. The fourth-order valence-corrected chi connectivity index (χ4v) is 3.45. The fourth-order valence-electron chi connectivity index (χ4n) is 2.35. The Kier molecular flexibility index (Phi) is 5.27. The molecule has 0 bridgehead atoms. The summed E-state index contributed by atoms with van der Waals surface area (Å²) in [6.45, 7) is 6.55. The zero-order valence-corrected chi connectivity index (χ0v) is 13.6. The standard InChI is InChI=1S/C18H23NS/c1-5-17(19-4)16-8-6-7-9-18(16)20-15-11-10-13(2)14(3)12-15/h6-12,17,19H,5H2,1-4H3. The molecule has 0 aromatic heterocycles. The number of hydrogen-bond acceptors (Lipinski definition) is 2. The molecule has 20 heavy (non-hydrogen) atoms. The van der Waals surface area contributed by atoms with Gasteiger partial charge < -0.3 is 5.32 Å². The Labute approximate surface area is 126 Å². The highest BCUT2D eigenvalue weighted by Crippen LogP contribution is 2.34. The van der Waals surface area contributed by atoms with E-state index in [9.17, 15) is 0 Å². The summed E-state index contributed by atoms with van der Waals surface area (Å²) in [7, 11) is 2.03. The largest absolute Gasteiger partial charge is 0.313 e. The van der Waals surface area contributed by atoms with Gasteiger partial charge in [-0.2, -0.15) is 0 Å². The maximum absolute atomic E-state index is 3.40. The smallest absolute Gasteiger partial charge is 0.0326 e. The van der Waals surface area contributed by atoms with Crippen molar-refractivity contribution in [1.82, 2.24) is 5.32 Å². The van der Waals surface area contributed by atoms with Gasteiger partial charge in [0.15, 0.2) is 0 Å². The quantitative estimate of drug-likeness (QED) is 0.817. The van der Waals surface area contributed by atoms with Gasteiger partial charge in [0, 0.05) is 15.8 Å². The van der Waals surface area contributed by atoms with Crippen LogP contribution >= 0.6 is 11.8 Å². The van der Waals surface area contributed by atoms with Crippen LogP contribution in [0.3, 0.4) is 0 Å². The van der Waals surface area contributed by atoms with Crippen LogP contribution in [0, 0.1) is 13.8 Å². The van der Waals surface area contributed by atoms with E-state index in [1.165, 1.54) is 26.5 Å². The second kappa shape index (κ2) is 6.96. The van der Waals surface area contributed by atoms with Crippen LogP contribution in [0.25, 0.3) is 0 Å². The van der Waals surface area contributed by atoms with Gasteiger partial charge >= 0.3 is 0 Å². The third kappa shape index (κ3) is 3.44. The van der Waals surface area contributed by atoms with Gasteiger partial charge in [0.2, 0.25) is 0 Å². The van der Waals surface area contributed by atoms with Gasteiger partial charge in [-0.15, -0.1) is 0 Å². The predicted molar refractivity (Wildman–Crippen MR) is 88.6 cm³/mol. The van der Waals surface area contributed by atoms with E-state index in [2.05, 4.69) is 68.6 Å². The monoisotopic (exact) mass is 285 g/mol. The topological polar surface area (TPSA) is 12.0 Å². The van der Waals surface area contributed by atoms with Crippen LogP contribution in [0.15, 0.2) is 52.3 Å². The lowest BCUT2D eigenvalue weighted by Crippen LogP contribution is -2.15. The molecule has 2 aromatic rings. The van der Waals surface area contributed by atoms with E-state index < -0.39 is 0 Å². The van der Waals surface area contributed by atoms with Gasteiger partial charge in [0.05, 0.1) is 0 Å². The van der Waals surface area contributed by atoms with Crippen molar-refractivity contribution >= 4 is 11.8 Å². The van der Waals surface area contributed by atoms with Crippen molar-refractivity contribution in [2.75, 3.05) is 7.05 Å². The Hall–Kier alpha value is -1.25. The van der Waals surface area contributed by atoms with Gasteiger partial charge in [-0.3, -0.25) is 0 Å². The fraction of sp³-hybridized carbons (Fsp3) is 0.333. The van der Waals surface area contributed by atoms with Crippen LogP contribution in [0.2, 0.25) is 0 Å². The molecule has 0 saturated heterocycles. The van der Waals surface area contributed by atoms with Crippen molar-refractivity contribution in [3.8, 4) is 0 Å². The average Bonchev–Trinajstić information content (AvgIpc) is 2.46. The van der Waals surface area contributed by atoms with E-state index in [1.54, 1.807) is 0 Å². The van der Waals surface area contributed by atoms with Gasteiger partial charge in [-0.1, -0.05) is 43.0 Å². The molecule has 0 radical (unpaired) electrons. The second-order valence-electron chi connectivity index (χ2n) is 5.14. The SMILES string of the molecule is CCC(NC)c1ccccc1Sc1ccc(C)c(C)c1. The molecule has 2 rings (SSSR count). The number of rotatable bonds is 5. The summed E-state index contributed by atoms with van der Waals surface area (Å²) in [5.74, 6) is 0. The molecular weight excluding hydrogens is 262 g/mol. The lowest BCUT2D eigenvalue weighted by molar-refractivity contribution is 0.568. The molecule has 1 atom stereocenters. The van der Waals surface area contributed by atoms with Crippen molar-refractivity contribution in [2.24, 2.45) is 0 Å². The van der Waals surface area contributed by atoms with Crippen LogP contribution in [0.1, 0.15) is 36.1 Å². The minimum absolute atomic E-state index is 0.422. The summed E-state index contributed by atoms with van der Waals surface area (Å²) in [5, 5.41) is 3.40. The zero-order chi connectivity index (χ0) is 14.5. The van der Waals surface area contributed by atoms with E-state index in [0.29, 0.717) is 6.04 Å². The number of hydrogen-bond donors (Lipinski definition) is 1. The molecule has 0 heterocycles. The highest BCUT2D eigenvalue weighted by molar-refractivity contribution is 7.99. The van der Waals surface area contributed by atoms with Gasteiger partial charge in [0.25, 0.3) is 0 Å². The Bertz CT molecular complexity index is 573. The minimum atomic E-state index is 0.422. The van der Waals surface area contributed by atoms with E-state index in [-0.39, 0.29) is 0 Å². The van der Waals surface area contributed by atoms with Crippen molar-refractivity contribution in [2.45, 2.75) is 43.0 Å². The summed E-state index contributed by atoms with van der Waals surface area (Å²) in [6, 6.07) is 15.8. The van der Waals surface area contributed by atoms with Crippen LogP contribution in [-0.4, -0.2) is 7.05 Å². The number of nitrogens with one attached hydrogen (secondary N) is 1. The van der Waals surface area contributed by atoms with Crippen molar-refractivity contribution < 1.29 is 0 Å². The van der Waals surface area contributed by atoms with E-state index >= 15 is 0 Å².